The summed E-state index contributed by atoms with van der Waals surface area (Å²) in [5.41, 5.74) is 1.16. The second-order valence-electron chi connectivity index (χ2n) is 6.71. The van der Waals surface area contributed by atoms with Gasteiger partial charge in [0.15, 0.2) is 17.5 Å². The quantitative estimate of drug-likeness (QED) is 0.347. The molecule has 0 aliphatic rings. The van der Waals surface area contributed by atoms with Crippen LogP contribution in [0.3, 0.4) is 0 Å². The minimum Gasteiger partial charge on any atom is -0.490 e. The van der Waals surface area contributed by atoms with Gasteiger partial charge >= 0.3 is 0 Å². The molecular weight excluding hydrogens is 368 g/mol. The molecule has 7 heteroatoms. The number of rotatable bonds is 13. The molecule has 0 aliphatic carbocycles. The molecule has 164 valence electrons. The maximum absolute atomic E-state index is 11.9. The highest BCUT2D eigenvalue weighted by Crippen LogP contribution is 2.28. The average Bonchev–Trinajstić information content (AvgIpc) is 2.70. The molecule has 1 unspecified atom stereocenters. The lowest BCUT2D eigenvalue weighted by molar-refractivity contribution is -0.121. The van der Waals surface area contributed by atoms with Gasteiger partial charge in [0, 0.05) is 25.6 Å². The van der Waals surface area contributed by atoms with Gasteiger partial charge in [0.2, 0.25) is 5.91 Å². The number of nitrogens with one attached hydrogen (secondary N) is 3. The summed E-state index contributed by atoms with van der Waals surface area (Å²) < 4.78 is 11.3. The van der Waals surface area contributed by atoms with E-state index in [1.54, 1.807) is 0 Å². The Balaban J connectivity index is 2.54. The topological polar surface area (TPSA) is 84.0 Å². The fourth-order valence-electron chi connectivity index (χ4n) is 2.64. The first-order valence-corrected chi connectivity index (χ1v) is 10.7. The van der Waals surface area contributed by atoms with E-state index in [9.17, 15) is 4.79 Å². The van der Waals surface area contributed by atoms with Crippen LogP contribution in [0.15, 0.2) is 23.2 Å². The van der Waals surface area contributed by atoms with Gasteiger partial charge in [0.05, 0.1) is 19.8 Å². The first-order valence-electron chi connectivity index (χ1n) is 10.7. The smallest absolute Gasteiger partial charge is 0.222 e. The Labute approximate surface area is 175 Å². The number of ether oxygens (including phenoxy) is 2. The van der Waals surface area contributed by atoms with Crippen molar-refractivity contribution in [3.05, 3.63) is 23.8 Å². The lowest BCUT2D eigenvalue weighted by Gasteiger charge is -2.14. The molecule has 0 saturated heterocycles. The summed E-state index contributed by atoms with van der Waals surface area (Å²) in [4.78, 5) is 16.4. The zero-order valence-electron chi connectivity index (χ0n) is 18.6. The highest BCUT2D eigenvalue weighted by molar-refractivity contribution is 5.80. The summed E-state index contributed by atoms with van der Waals surface area (Å²) in [5, 5.41) is 9.49. The van der Waals surface area contributed by atoms with Crippen molar-refractivity contribution in [1.82, 2.24) is 16.0 Å². The fourth-order valence-corrected chi connectivity index (χ4v) is 2.64. The van der Waals surface area contributed by atoms with Crippen LogP contribution in [-0.4, -0.2) is 50.8 Å². The zero-order valence-corrected chi connectivity index (χ0v) is 18.6. The van der Waals surface area contributed by atoms with Gasteiger partial charge < -0.3 is 25.4 Å². The minimum atomic E-state index is 0.0387. The number of guanidine groups is 1. The zero-order chi connectivity index (χ0) is 21.5. The summed E-state index contributed by atoms with van der Waals surface area (Å²) in [5.74, 6) is 2.31. The number of benzene rings is 1. The van der Waals surface area contributed by atoms with Crippen LogP contribution in [0.5, 0.6) is 11.5 Å². The number of hydrogen-bond donors (Lipinski definition) is 3. The van der Waals surface area contributed by atoms with Crippen molar-refractivity contribution in [1.29, 1.82) is 0 Å². The second kappa shape index (κ2) is 14.5. The molecule has 0 bridgehead atoms. The summed E-state index contributed by atoms with van der Waals surface area (Å²) in [6.07, 6.45) is 2.14. The van der Waals surface area contributed by atoms with Crippen molar-refractivity contribution in [2.24, 2.45) is 4.99 Å². The van der Waals surface area contributed by atoms with Crippen LogP contribution in [0.4, 0.5) is 0 Å². The van der Waals surface area contributed by atoms with Crippen LogP contribution >= 0.6 is 0 Å². The molecule has 0 heterocycles. The average molecular weight is 407 g/mol. The Bertz CT molecular complexity index is 634. The van der Waals surface area contributed by atoms with Crippen LogP contribution in [0, 0.1) is 0 Å². The summed E-state index contributed by atoms with van der Waals surface area (Å²) in [6, 6.07) is 6.24. The van der Waals surface area contributed by atoms with Gasteiger partial charge in [-0.15, -0.1) is 0 Å². The number of amides is 1. The molecular formula is C22H38N4O3. The SMILES string of the molecule is CCNC(=NCCC(=O)NC(C)CC)NCCc1ccc(OCC)c(OCC)c1. The maximum Gasteiger partial charge on any atom is 0.222 e. The third-order valence-corrected chi connectivity index (χ3v) is 4.29. The molecule has 7 nitrogen and oxygen atoms in total. The molecule has 1 atom stereocenters. The molecule has 0 aromatic heterocycles. The summed E-state index contributed by atoms with van der Waals surface area (Å²) in [7, 11) is 0. The molecule has 3 N–H and O–H groups in total. The van der Waals surface area contributed by atoms with Crippen molar-refractivity contribution >= 4 is 11.9 Å². The molecule has 0 fully saturated rings. The third kappa shape index (κ3) is 10.1. The summed E-state index contributed by atoms with van der Waals surface area (Å²) >= 11 is 0. The number of aliphatic imine (C=N–C) groups is 1. The summed E-state index contributed by atoms with van der Waals surface area (Å²) in [6.45, 7) is 13.2. The first kappa shape index (κ1) is 24.6. The van der Waals surface area contributed by atoms with Crippen molar-refractivity contribution < 1.29 is 14.3 Å². The predicted molar refractivity (Wildman–Crippen MR) is 119 cm³/mol. The highest BCUT2D eigenvalue weighted by Gasteiger charge is 2.07. The van der Waals surface area contributed by atoms with Gasteiger partial charge in [-0.2, -0.15) is 0 Å². The van der Waals surface area contributed by atoms with Gasteiger partial charge in [-0.05, 0) is 58.2 Å². The fraction of sp³-hybridized carbons (Fsp3) is 0.636. The number of carbonyl (C=O) groups excluding carboxylic acids is 1. The second-order valence-corrected chi connectivity index (χ2v) is 6.71. The molecule has 1 amide bonds. The van der Waals surface area contributed by atoms with Crippen LogP contribution in [0.2, 0.25) is 0 Å². The molecule has 0 spiro atoms. The highest BCUT2D eigenvalue weighted by atomic mass is 16.5. The monoisotopic (exact) mass is 406 g/mol. The molecule has 0 saturated carbocycles. The third-order valence-electron chi connectivity index (χ3n) is 4.29. The Morgan fingerprint density at radius 2 is 1.79 bits per heavy atom. The van der Waals surface area contributed by atoms with E-state index in [-0.39, 0.29) is 11.9 Å². The van der Waals surface area contributed by atoms with Crippen LogP contribution < -0.4 is 25.4 Å². The Hall–Kier alpha value is -2.44. The van der Waals surface area contributed by atoms with E-state index in [1.807, 2.05) is 39.8 Å². The number of nitrogens with zero attached hydrogens (tertiary/aromatic N) is 1. The minimum absolute atomic E-state index is 0.0387. The van der Waals surface area contributed by atoms with E-state index in [1.165, 1.54) is 0 Å². The van der Waals surface area contributed by atoms with Gasteiger partial charge in [-0.25, -0.2) is 0 Å². The maximum atomic E-state index is 11.9. The molecule has 1 aromatic carbocycles. The van der Waals surface area contributed by atoms with E-state index in [4.69, 9.17) is 9.47 Å². The van der Waals surface area contributed by atoms with Crippen molar-refractivity contribution in [3.8, 4) is 11.5 Å². The lowest BCUT2D eigenvalue weighted by Crippen LogP contribution is -2.38. The molecule has 1 rings (SSSR count). The van der Waals surface area contributed by atoms with E-state index in [0.717, 1.165) is 49.0 Å². The van der Waals surface area contributed by atoms with Crippen molar-refractivity contribution in [3.63, 3.8) is 0 Å². The van der Waals surface area contributed by atoms with E-state index in [2.05, 4.69) is 33.9 Å². The van der Waals surface area contributed by atoms with E-state index in [0.29, 0.717) is 26.2 Å². The first-order chi connectivity index (χ1) is 14.0. The Kier molecular flexibility index (Phi) is 12.3. The van der Waals surface area contributed by atoms with Crippen LogP contribution in [0.1, 0.15) is 53.0 Å². The molecule has 1 aromatic rings. The number of carbonyl (C=O) groups is 1. The standard InChI is InChI=1S/C22H38N4O3/c1-6-17(5)26-21(27)13-15-25-22(23-7-2)24-14-12-18-10-11-19(28-8-3)20(16-18)29-9-4/h10-11,16-17H,6-9,12-15H2,1-5H3,(H,26,27)(H2,23,24,25). The van der Waals surface area contributed by atoms with Crippen LogP contribution in [0.25, 0.3) is 0 Å². The molecule has 0 radical (unpaired) electrons. The van der Waals surface area contributed by atoms with Crippen molar-refractivity contribution in [2.75, 3.05) is 32.8 Å². The Morgan fingerprint density at radius 3 is 2.45 bits per heavy atom. The van der Waals surface area contributed by atoms with Crippen LogP contribution in [-0.2, 0) is 11.2 Å². The van der Waals surface area contributed by atoms with E-state index < -0.39 is 0 Å². The molecule has 0 aliphatic heterocycles. The predicted octanol–water partition coefficient (Wildman–Crippen LogP) is 2.89. The molecule has 29 heavy (non-hydrogen) atoms. The normalized spacial score (nSPS) is 12.2. The lowest BCUT2D eigenvalue weighted by atomic mass is 10.1. The number of hydrogen-bond acceptors (Lipinski definition) is 4. The largest absolute Gasteiger partial charge is 0.490 e. The van der Waals surface area contributed by atoms with Gasteiger partial charge in [0.25, 0.3) is 0 Å². The van der Waals surface area contributed by atoms with E-state index >= 15 is 0 Å². The van der Waals surface area contributed by atoms with Crippen molar-refractivity contribution in [2.45, 2.75) is 59.9 Å². The Morgan fingerprint density at radius 1 is 1.07 bits per heavy atom. The van der Waals surface area contributed by atoms with Gasteiger partial charge in [-0.1, -0.05) is 13.0 Å². The van der Waals surface area contributed by atoms with Gasteiger partial charge in [0.1, 0.15) is 0 Å². The van der Waals surface area contributed by atoms with Gasteiger partial charge in [-0.3, -0.25) is 9.79 Å².